The van der Waals surface area contributed by atoms with Crippen LogP contribution in [0.25, 0.3) is 16.9 Å². The molecule has 1 unspecified atom stereocenters. The van der Waals surface area contributed by atoms with Gasteiger partial charge in [0.2, 0.25) is 5.82 Å². The third kappa shape index (κ3) is 6.38. The summed E-state index contributed by atoms with van der Waals surface area (Å²) in [5, 5.41) is 46.1. The summed E-state index contributed by atoms with van der Waals surface area (Å²) in [7, 11) is 1.25. The van der Waals surface area contributed by atoms with Crippen molar-refractivity contribution in [3.63, 3.8) is 0 Å². The molecule has 15 heteroatoms. The third-order valence-electron chi connectivity index (χ3n) is 8.09. The lowest BCUT2D eigenvalue weighted by molar-refractivity contribution is -0.211. The second kappa shape index (κ2) is 14.0. The molecule has 0 radical (unpaired) electrons. The molecule has 1 saturated heterocycles. The summed E-state index contributed by atoms with van der Waals surface area (Å²) in [5.74, 6) is -2.41. The van der Waals surface area contributed by atoms with Gasteiger partial charge in [-0.3, -0.25) is 9.20 Å². The molecule has 2 aromatic carbocycles. The number of aryl methyl sites for hydroxylation is 1. The summed E-state index contributed by atoms with van der Waals surface area (Å²) in [5.41, 5.74) is 8.34. The van der Waals surface area contributed by atoms with Crippen LogP contribution in [0.1, 0.15) is 29.3 Å². The van der Waals surface area contributed by atoms with E-state index in [4.69, 9.17) is 15.2 Å². The number of nitrogens with one attached hydrogen (secondary N) is 2. The number of aliphatic hydroxyl groups excluding tert-OH is 4. The van der Waals surface area contributed by atoms with E-state index in [0.29, 0.717) is 34.8 Å². The summed E-state index contributed by atoms with van der Waals surface area (Å²) in [6.07, 6.45) is -1.05. The van der Waals surface area contributed by atoms with Crippen LogP contribution in [0.4, 0.5) is 20.3 Å². The molecule has 1 aliphatic heterocycles. The highest BCUT2D eigenvalue weighted by Crippen LogP contribution is 2.32. The van der Waals surface area contributed by atoms with Crippen LogP contribution >= 0.6 is 0 Å². The van der Waals surface area contributed by atoms with Gasteiger partial charge in [0.15, 0.2) is 23.0 Å². The Morgan fingerprint density at radius 3 is 2.67 bits per heavy atom. The number of anilines is 2. The first kappa shape index (κ1) is 33.1. The maximum absolute atomic E-state index is 14.8. The number of nitrogens with zero attached hydrogens (tertiary/aromatic N) is 3. The highest BCUT2D eigenvalue weighted by atomic mass is 19.2. The first-order valence-corrected chi connectivity index (χ1v) is 14.7. The number of carbonyl (C=O) groups is 1. The van der Waals surface area contributed by atoms with Crippen molar-refractivity contribution in [1.82, 2.24) is 19.7 Å². The van der Waals surface area contributed by atoms with Gasteiger partial charge in [-0.1, -0.05) is 6.92 Å². The molecule has 6 atom stereocenters. The van der Waals surface area contributed by atoms with Crippen LogP contribution in [-0.2, 0) is 11.2 Å². The SMILES string of the molecule is CCc1cc(Nc2nccn3c(-c4ccc(OC)c(F)c4F)cnc23)ccc1C(=O)NCCC(O)[C@@H]1O[C@H](CO)[C@H](O)[C@H](O)[C@H]1N. The third-order valence-corrected chi connectivity index (χ3v) is 8.09. The molecule has 13 nitrogen and oxygen atoms in total. The molecule has 1 fully saturated rings. The van der Waals surface area contributed by atoms with Gasteiger partial charge in [0, 0.05) is 35.8 Å². The molecule has 3 heterocycles. The zero-order chi connectivity index (χ0) is 33.1. The van der Waals surface area contributed by atoms with E-state index in [0.717, 1.165) is 5.56 Å². The number of hydrogen-bond acceptors (Lipinski definition) is 11. The number of rotatable bonds is 11. The Morgan fingerprint density at radius 2 is 1.96 bits per heavy atom. The average Bonchev–Trinajstić information content (AvgIpc) is 3.49. The molecule has 2 aromatic heterocycles. The van der Waals surface area contributed by atoms with E-state index in [-0.39, 0.29) is 30.2 Å². The number of ether oxygens (including phenoxy) is 2. The Hall–Kier alpha value is -4.25. The van der Waals surface area contributed by atoms with Crippen LogP contribution in [0, 0.1) is 11.6 Å². The molecular weight excluding hydrogens is 606 g/mol. The molecule has 4 aromatic rings. The van der Waals surface area contributed by atoms with E-state index < -0.39 is 54.8 Å². The summed E-state index contributed by atoms with van der Waals surface area (Å²) in [6, 6.07) is 6.78. The number of imidazole rings is 1. The Labute approximate surface area is 262 Å². The molecule has 1 aliphatic rings. The molecular formula is C31H36F2N6O7. The molecule has 1 amide bonds. The Morgan fingerprint density at radius 1 is 1.17 bits per heavy atom. The van der Waals surface area contributed by atoms with Crippen molar-refractivity contribution in [2.24, 2.45) is 5.73 Å². The predicted octanol–water partition coefficient (Wildman–Crippen LogP) is 1.28. The summed E-state index contributed by atoms with van der Waals surface area (Å²) < 4.78 is 41.2. The molecule has 0 spiro atoms. The monoisotopic (exact) mass is 642 g/mol. The van der Waals surface area contributed by atoms with E-state index in [2.05, 4.69) is 20.6 Å². The van der Waals surface area contributed by atoms with Crippen LogP contribution in [-0.4, -0.2) is 97.5 Å². The zero-order valence-electron chi connectivity index (χ0n) is 25.1. The van der Waals surface area contributed by atoms with Gasteiger partial charge in [-0.05, 0) is 48.7 Å². The van der Waals surface area contributed by atoms with Crippen LogP contribution < -0.4 is 21.1 Å². The van der Waals surface area contributed by atoms with E-state index in [1.54, 1.807) is 28.8 Å². The van der Waals surface area contributed by atoms with Gasteiger partial charge in [-0.15, -0.1) is 0 Å². The number of amides is 1. The van der Waals surface area contributed by atoms with Gasteiger partial charge in [-0.2, -0.15) is 4.39 Å². The smallest absolute Gasteiger partial charge is 0.251 e. The minimum atomic E-state index is -1.39. The average molecular weight is 643 g/mol. The summed E-state index contributed by atoms with van der Waals surface area (Å²) in [6.45, 7) is 1.39. The van der Waals surface area contributed by atoms with Crippen LogP contribution in [0.15, 0.2) is 48.9 Å². The van der Waals surface area contributed by atoms with Gasteiger partial charge < -0.3 is 46.3 Å². The molecule has 246 valence electrons. The second-order valence-electron chi connectivity index (χ2n) is 10.9. The van der Waals surface area contributed by atoms with Crippen molar-refractivity contribution in [3.05, 3.63) is 71.7 Å². The number of fused-ring (bicyclic) bond motifs is 1. The molecule has 0 aliphatic carbocycles. The molecule has 8 N–H and O–H groups in total. The molecule has 0 bridgehead atoms. The van der Waals surface area contributed by atoms with Crippen molar-refractivity contribution in [2.75, 3.05) is 25.6 Å². The number of nitrogens with two attached hydrogens (primary N) is 1. The molecule has 0 saturated carbocycles. The highest BCUT2D eigenvalue weighted by molar-refractivity contribution is 5.96. The van der Waals surface area contributed by atoms with Crippen molar-refractivity contribution < 1.29 is 43.5 Å². The van der Waals surface area contributed by atoms with Crippen LogP contribution in [0.5, 0.6) is 5.75 Å². The minimum absolute atomic E-state index is 0.000963. The number of benzene rings is 2. The largest absolute Gasteiger partial charge is 0.494 e. The lowest BCUT2D eigenvalue weighted by Crippen LogP contribution is -2.64. The number of carbonyl (C=O) groups excluding carboxylic acids is 1. The quantitative estimate of drug-likeness (QED) is 0.124. The molecule has 46 heavy (non-hydrogen) atoms. The number of halogens is 2. The minimum Gasteiger partial charge on any atom is -0.494 e. The van der Waals surface area contributed by atoms with E-state index in [1.165, 1.54) is 31.6 Å². The number of aromatic nitrogens is 3. The van der Waals surface area contributed by atoms with Crippen molar-refractivity contribution >= 4 is 23.1 Å². The predicted molar refractivity (Wildman–Crippen MR) is 163 cm³/mol. The maximum atomic E-state index is 14.8. The topological polar surface area (TPSA) is 197 Å². The summed E-state index contributed by atoms with van der Waals surface area (Å²) >= 11 is 0. The van der Waals surface area contributed by atoms with Crippen molar-refractivity contribution in [3.8, 4) is 17.0 Å². The lowest BCUT2D eigenvalue weighted by atomic mass is 9.90. The van der Waals surface area contributed by atoms with Crippen LogP contribution in [0.3, 0.4) is 0 Å². The van der Waals surface area contributed by atoms with E-state index >= 15 is 0 Å². The normalized spacial score (nSPS) is 22.1. The van der Waals surface area contributed by atoms with Gasteiger partial charge >= 0.3 is 0 Å². The fourth-order valence-electron chi connectivity index (χ4n) is 5.52. The highest BCUT2D eigenvalue weighted by Gasteiger charge is 2.44. The first-order valence-electron chi connectivity index (χ1n) is 14.7. The van der Waals surface area contributed by atoms with Gasteiger partial charge in [-0.25, -0.2) is 14.4 Å². The van der Waals surface area contributed by atoms with Gasteiger partial charge in [0.25, 0.3) is 5.91 Å². The van der Waals surface area contributed by atoms with Gasteiger partial charge in [0.1, 0.15) is 24.4 Å². The number of aliphatic hydroxyl groups is 4. The lowest BCUT2D eigenvalue weighted by Gasteiger charge is -2.42. The van der Waals surface area contributed by atoms with E-state index in [9.17, 15) is 34.0 Å². The number of hydrogen-bond donors (Lipinski definition) is 7. The number of methoxy groups -OCH3 is 1. The zero-order valence-corrected chi connectivity index (χ0v) is 25.1. The maximum Gasteiger partial charge on any atom is 0.251 e. The van der Waals surface area contributed by atoms with Crippen molar-refractivity contribution in [2.45, 2.75) is 56.3 Å². The standard InChI is InChI=1S/C31H36F2N6O7/c1-3-15-12-16(4-5-17(15)31(44)36-9-8-20(41)28-25(34)27(43)26(42)22(14-40)46-28)38-29-30-37-13-19(39(30)11-10-35-29)18-6-7-21(45-2)24(33)23(18)32/h4-7,10-13,20,22,25-28,40-43H,3,8-9,14,34H2,1-2H3,(H,35,38)(H,36,44)/t20?,22-,25-,26+,27-,28+/m1/s1. The first-order chi connectivity index (χ1) is 22.1. The fourth-order valence-corrected chi connectivity index (χ4v) is 5.52. The Kier molecular flexibility index (Phi) is 10.1. The van der Waals surface area contributed by atoms with Crippen molar-refractivity contribution in [1.29, 1.82) is 0 Å². The fraction of sp³-hybridized carbons (Fsp3) is 0.387. The summed E-state index contributed by atoms with van der Waals surface area (Å²) in [4.78, 5) is 21.8. The van der Waals surface area contributed by atoms with Crippen LogP contribution in [0.2, 0.25) is 0 Å². The Balaban J connectivity index is 1.26. The van der Waals surface area contributed by atoms with Gasteiger partial charge in [0.05, 0.1) is 37.8 Å². The van der Waals surface area contributed by atoms with E-state index in [1.807, 2.05) is 6.92 Å². The molecule has 5 rings (SSSR count). The second-order valence-corrected chi connectivity index (χ2v) is 10.9. The Bertz CT molecular complexity index is 1700.